The summed E-state index contributed by atoms with van der Waals surface area (Å²) in [6.07, 6.45) is 4.98. The standard InChI is InChI=1S/C4H9.C3H7.C2H3N2.Sn/c1-3-4-2;1-3-2;3-1-2-4;/h1,3-4H2,2H3;1,3H2,2H3;1,3-4H;. The molecule has 0 bridgehead atoms. The van der Waals surface area contributed by atoms with Gasteiger partial charge in [-0.1, -0.05) is 0 Å². The van der Waals surface area contributed by atoms with E-state index in [1.54, 1.807) is 0 Å². The van der Waals surface area contributed by atoms with E-state index in [0.29, 0.717) is 3.73 Å². The van der Waals surface area contributed by atoms with Crippen LogP contribution in [0.3, 0.4) is 0 Å². The van der Waals surface area contributed by atoms with Gasteiger partial charge in [0.2, 0.25) is 0 Å². The summed E-state index contributed by atoms with van der Waals surface area (Å²) in [5, 5.41) is 14.7. The van der Waals surface area contributed by atoms with Crippen molar-refractivity contribution >= 4 is 29.7 Å². The fourth-order valence-corrected chi connectivity index (χ4v) is 7.97. The van der Waals surface area contributed by atoms with Crippen molar-refractivity contribution in [1.29, 1.82) is 10.8 Å². The summed E-state index contributed by atoms with van der Waals surface area (Å²) in [7, 11) is 0. The Kier molecular flexibility index (Phi) is 7.86. The summed E-state index contributed by atoms with van der Waals surface area (Å²) in [6.45, 7) is 4.38. The Morgan fingerprint density at radius 1 is 1.25 bits per heavy atom. The van der Waals surface area contributed by atoms with Gasteiger partial charge < -0.3 is 0 Å². The first-order valence-electron chi connectivity index (χ1n) is 4.70. The third-order valence-electron chi connectivity index (χ3n) is 1.91. The van der Waals surface area contributed by atoms with Gasteiger partial charge >= 0.3 is 82.5 Å². The molecular weight excluding hydrogens is 255 g/mol. The molecule has 0 atom stereocenters. The molecule has 2 nitrogen and oxygen atoms in total. The molecule has 2 N–H and O–H groups in total. The molecule has 0 fully saturated rings. The van der Waals surface area contributed by atoms with Crippen LogP contribution in [0.15, 0.2) is 0 Å². The van der Waals surface area contributed by atoms with E-state index in [4.69, 9.17) is 10.8 Å². The predicted octanol–water partition coefficient (Wildman–Crippen LogP) is 2.90. The van der Waals surface area contributed by atoms with Gasteiger partial charge in [0.25, 0.3) is 0 Å². The number of hydrogen-bond donors (Lipinski definition) is 2. The van der Waals surface area contributed by atoms with E-state index in [0.717, 1.165) is 0 Å². The summed E-state index contributed by atoms with van der Waals surface area (Å²) >= 11 is -1.57. The van der Waals surface area contributed by atoms with Crippen molar-refractivity contribution in [3.05, 3.63) is 0 Å². The fraction of sp³-hybridized carbons (Fsp3) is 0.778. The van der Waals surface area contributed by atoms with Crippen LogP contribution in [0, 0.1) is 10.8 Å². The number of rotatable bonds is 7. The molecule has 0 spiro atoms. The van der Waals surface area contributed by atoms with E-state index < -0.39 is 19.8 Å². The summed E-state index contributed by atoms with van der Waals surface area (Å²) < 4.78 is 3.24. The van der Waals surface area contributed by atoms with Crippen LogP contribution in [-0.4, -0.2) is 29.7 Å². The molecule has 69 valence electrons. The molecule has 0 aromatic rings. The van der Waals surface area contributed by atoms with Crippen LogP contribution in [0.1, 0.15) is 33.1 Å². The third kappa shape index (κ3) is 4.91. The molecule has 0 unspecified atom stereocenters. The number of hydrogen-bond acceptors (Lipinski definition) is 2. The zero-order chi connectivity index (χ0) is 9.40. The van der Waals surface area contributed by atoms with Crippen molar-refractivity contribution in [2.45, 2.75) is 42.0 Å². The molecule has 0 amide bonds. The van der Waals surface area contributed by atoms with E-state index >= 15 is 0 Å². The molecule has 1 radical (unpaired) electrons. The van der Waals surface area contributed by atoms with Gasteiger partial charge in [-0.3, -0.25) is 0 Å². The van der Waals surface area contributed by atoms with Crippen LogP contribution in [0.2, 0.25) is 8.87 Å². The second kappa shape index (κ2) is 7.77. The SMILES string of the molecule is CCC[CH2][Sn]([CH2]CC)[C](=N)C=N. The molecule has 0 heterocycles. The second-order valence-electron chi connectivity index (χ2n) is 3.02. The molecule has 0 aliphatic carbocycles. The zero-order valence-corrected chi connectivity index (χ0v) is 11.0. The molecule has 3 heteroatoms. The Morgan fingerprint density at radius 3 is 2.33 bits per heavy atom. The quantitative estimate of drug-likeness (QED) is 0.529. The summed E-state index contributed by atoms with van der Waals surface area (Å²) in [6, 6.07) is 0. The average Bonchev–Trinajstić information content (AvgIpc) is 2.11. The van der Waals surface area contributed by atoms with Crippen LogP contribution in [0.5, 0.6) is 0 Å². The Hall–Kier alpha value is 0.139. The Bertz CT molecular complexity index is 145. The van der Waals surface area contributed by atoms with Crippen molar-refractivity contribution in [1.82, 2.24) is 0 Å². The molecule has 0 aromatic carbocycles. The Labute approximate surface area is 82.5 Å². The molecule has 0 saturated heterocycles. The van der Waals surface area contributed by atoms with Gasteiger partial charge in [0.15, 0.2) is 0 Å². The average molecular weight is 274 g/mol. The molecule has 0 aromatic heterocycles. The first-order valence-corrected chi connectivity index (χ1v) is 10.2. The molecular formula is C9H19N2Sn. The minimum atomic E-state index is -1.57. The van der Waals surface area contributed by atoms with Crippen molar-refractivity contribution in [3.63, 3.8) is 0 Å². The third-order valence-corrected chi connectivity index (χ3v) is 10.4. The van der Waals surface area contributed by atoms with Gasteiger partial charge in [-0.15, -0.1) is 0 Å². The van der Waals surface area contributed by atoms with Gasteiger partial charge in [0.05, 0.1) is 0 Å². The molecule has 0 saturated carbocycles. The summed E-state index contributed by atoms with van der Waals surface area (Å²) in [4.78, 5) is 0. The van der Waals surface area contributed by atoms with Gasteiger partial charge in [-0.05, 0) is 0 Å². The minimum absolute atomic E-state index is 0.702. The summed E-state index contributed by atoms with van der Waals surface area (Å²) in [5.74, 6) is 0. The van der Waals surface area contributed by atoms with Gasteiger partial charge in [-0.2, -0.15) is 0 Å². The van der Waals surface area contributed by atoms with E-state index in [1.807, 2.05) is 0 Å². The van der Waals surface area contributed by atoms with Gasteiger partial charge in [-0.25, -0.2) is 0 Å². The molecule has 12 heavy (non-hydrogen) atoms. The number of nitrogens with one attached hydrogen (secondary N) is 2. The van der Waals surface area contributed by atoms with Gasteiger partial charge in [0.1, 0.15) is 0 Å². The first kappa shape index (κ1) is 12.1. The van der Waals surface area contributed by atoms with Crippen LogP contribution in [0.4, 0.5) is 0 Å². The zero-order valence-electron chi connectivity index (χ0n) is 8.11. The van der Waals surface area contributed by atoms with Crippen LogP contribution >= 0.6 is 0 Å². The number of unbranched alkanes of at least 4 members (excludes halogenated alkanes) is 1. The fourth-order valence-electron chi connectivity index (χ4n) is 1.19. The Balaban J connectivity index is 3.84. The topological polar surface area (TPSA) is 47.7 Å². The summed E-state index contributed by atoms with van der Waals surface area (Å²) in [5.41, 5.74) is 0. The van der Waals surface area contributed by atoms with Crippen LogP contribution in [0.25, 0.3) is 0 Å². The van der Waals surface area contributed by atoms with E-state index in [2.05, 4.69) is 13.8 Å². The van der Waals surface area contributed by atoms with Crippen molar-refractivity contribution in [2.24, 2.45) is 0 Å². The van der Waals surface area contributed by atoms with E-state index in [-0.39, 0.29) is 0 Å². The van der Waals surface area contributed by atoms with Crippen LogP contribution in [-0.2, 0) is 0 Å². The van der Waals surface area contributed by atoms with Gasteiger partial charge in [0, 0.05) is 0 Å². The molecule has 0 rings (SSSR count). The van der Waals surface area contributed by atoms with Crippen molar-refractivity contribution in [3.8, 4) is 0 Å². The second-order valence-corrected chi connectivity index (χ2v) is 10.9. The first-order chi connectivity index (χ1) is 5.76. The van der Waals surface area contributed by atoms with Crippen LogP contribution < -0.4 is 0 Å². The van der Waals surface area contributed by atoms with Crippen molar-refractivity contribution < 1.29 is 0 Å². The Morgan fingerprint density at radius 2 is 1.92 bits per heavy atom. The monoisotopic (exact) mass is 275 g/mol. The maximum atomic E-state index is 7.62. The maximum absolute atomic E-state index is 7.62. The normalized spacial score (nSPS) is 10.2. The van der Waals surface area contributed by atoms with E-state index in [1.165, 1.54) is 34.4 Å². The van der Waals surface area contributed by atoms with E-state index in [9.17, 15) is 0 Å². The predicted molar refractivity (Wildman–Crippen MR) is 57.1 cm³/mol. The molecule has 0 aliphatic rings. The molecule has 0 aliphatic heterocycles. The van der Waals surface area contributed by atoms with Crippen molar-refractivity contribution in [2.75, 3.05) is 0 Å².